The van der Waals surface area contributed by atoms with E-state index in [-0.39, 0.29) is 18.5 Å². The van der Waals surface area contributed by atoms with Crippen molar-refractivity contribution in [2.45, 2.75) is 51.6 Å². The molecule has 1 amide bonds. The Hall–Kier alpha value is -2.41. The first-order valence-electron chi connectivity index (χ1n) is 9.68. The first kappa shape index (κ1) is 20.3. The molecule has 28 heavy (non-hydrogen) atoms. The summed E-state index contributed by atoms with van der Waals surface area (Å²) in [4.78, 5) is 38.7. The van der Waals surface area contributed by atoms with Crippen LogP contribution < -0.4 is 10.2 Å². The van der Waals surface area contributed by atoms with E-state index >= 15 is 0 Å². The standard InChI is InChI=1S/C21H28N2O5/c1-14(24)27-12-11-23-17-6-5-15(18(25)28-20(2,3)4)13-16(17)21(19(23)26)7-9-22-10-8-21/h5-6,13,22H,7-12H2,1-4H3. The summed E-state index contributed by atoms with van der Waals surface area (Å²) in [5, 5.41) is 3.30. The van der Waals surface area contributed by atoms with Crippen LogP contribution in [0.4, 0.5) is 5.69 Å². The molecular formula is C21H28N2O5. The lowest BCUT2D eigenvalue weighted by Crippen LogP contribution is -2.48. The molecular weight excluding hydrogens is 360 g/mol. The van der Waals surface area contributed by atoms with Crippen molar-refractivity contribution in [3.63, 3.8) is 0 Å². The van der Waals surface area contributed by atoms with Gasteiger partial charge in [0.25, 0.3) is 0 Å². The first-order valence-corrected chi connectivity index (χ1v) is 9.68. The van der Waals surface area contributed by atoms with Crippen molar-refractivity contribution in [3.05, 3.63) is 29.3 Å². The number of nitrogens with zero attached hydrogens (tertiary/aromatic N) is 1. The van der Waals surface area contributed by atoms with E-state index in [1.165, 1.54) is 6.92 Å². The topological polar surface area (TPSA) is 84.9 Å². The second kappa shape index (κ2) is 7.54. The molecule has 7 heteroatoms. The third-order valence-corrected chi connectivity index (χ3v) is 5.17. The molecule has 1 saturated heterocycles. The molecule has 2 aliphatic heterocycles. The van der Waals surface area contributed by atoms with Crippen LogP contribution in [-0.2, 0) is 24.5 Å². The number of carbonyl (C=O) groups is 3. The van der Waals surface area contributed by atoms with Crippen LogP contribution in [0.1, 0.15) is 56.5 Å². The fourth-order valence-corrected chi connectivity index (χ4v) is 3.94. The number of nitrogens with one attached hydrogen (secondary N) is 1. The van der Waals surface area contributed by atoms with Gasteiger partial charge < -0.3 is 19.7 Å². The molecule has 2 aliphatic rings. The molecule has 2 heterocycles. The number of hydrogen-bond donors (Lipinski definition) is 1. The average molecular weight is 388 g/mol. The Kier molecular flexibility index (Phi) is 5.48. The molecule has 0 aromatic heterocycles. The zero-order valence-corrected chi connectivity index (χ0v) is 17.0. The predicted octanol–water partition coefficient (Wildman–Crippen LogP) is 2.17. The normalized spacial score (nSPS) is 18.1. The van der Waals surface area contributed by atoms with Crippen LogP contribution in [0.2, 0.25) is 0 Å². The summed E-state index contributed by atoms with van der Waals surface area (Å²) in [6.45, 7) is 8.74. The summed E-state index contributed by atoms with van der Waals surface area (Å²) in [6, 6.07) is 5.30. The van der Waals surface area contributed by atoms with Crippen LogP contribution in [-0.4, -0.2) is 49.7 Å². The fourth-order valence-electron chi connectivity index (χ4n) is 3.94. The molecule has 7 nitrogen and oxygen atoms in total. The maximum absolute atomic E-state index is 13.4. The number of ether oxygens (including phenoxy) is 2. The molecule has 0 atom stereocenters. The van der Waals surface area contributed by atoms with Crippen molar-refractivity contribution in [2.75, 3.05) is 31.1 Å². The van der Waals surface area contributed by atoms with Crippen molar-refractivity contribution >= 4 is 23.5 Å². The van der Waals surface area contributed by atoms with E-state index in [0.29, 0.717) is 24.9 Å². The lowest BCUT2D eigenvalue weighted by atomic mass is 9.74. The molecule has 1 N–H and O–H groups in total. The maximum atomic E-state index is 13.4. The van der Waals surface area contributed by atoms with Crippen LogP contribution >= 0.6 is 0 Å². The van der Waals surface area contributed by atoms with Crippen LogP contribution in [0.25, 0.3) is 0 Å². The Morgan fingerprint density at radius 3 is 2.50 bits per heavy atom. The first-order chi connectivity index (χ1) is 13.1. The summed E-state index contributed by atoms with van der Waals surface area (Å²) in [7, 11) is 0. The molecule has 1 spiro atoms. The second-order valence-corrected chi connectivity index (χ2v) is 8.36. The summed E-state index contributed by atoms with van der Waals surface area (Å²) in [5.41, 5.74) is 0.862. The van der Waals surface area contributed by atoms with Gasteiger partial charge in [0.05, 0.1) is 17.5 Å². The molecule has 0 radical (unpaired) electrons. The number of fused-ring (bicyclic) bond motifs is 2. The van der Waals surface area contributed by atoms with Gasteiger partial charge in [0.1, 0.15) is 12.2 Å². The maximum Gasteiger partial charge on any atom is 0.338 e. The predicted molar refractivity (Wildman–Crippen MR) is 104 cm³/mol. The van der Waals surface area contributed by atoms with E-state index in [1.54, 1.807) is 23.1 Å². The van der Waals surface area contributed by atoms with Crippen LogP contribution in [0, 0.1) is 0 Å². The number of amides is 1. The lowest BCUT2D eigenvalue weighted by Gasteiger charge is -2.33. The van der Waals surface area contributed by atoms with Gasteiger partial charge in [0.15, 0.2) is 0 Å². The highest BCUT2D eigenvalue weighted by Gasteiger charge is 2.51. The highest BCUT2D eigenvalue weighted by atomic mass is 16.6. The molecule has 0 unspecified atom stereocenters. The van der Waals surface area contributed by atoms with Gasteiger partial charge in [-0.3, -0.25) is 9.59 Å². The highest BCUT2D eigenvalue weighted by molar-refractivity contribution is 6.09. The fraction of sp³-hybridized carbons (Fsp3) is 0.571. The van der Waals surface area contributed by atoms with E-state index < -0.39 is 17.0 Å². The van der Waals surface area contributed by atoms with Gasteiger partial charge >= 0.3 is 11.9 Å². The molecule has 1 aromatic rings. The van der Waals surface area contributed by atoms with Crippen molar-refractivity contribution in [2.24, 2.45) is 0 Å². The van der Waals surface area contributed by atoms with Gasteiger partial charge in [-0.1, -0.05) is 0 Å². The molecule has 152 valence electrons. The third-order valence-electron chi connectivity index (χ3n) is 5.17. The van der Waals surface area contributed by atoms with Gasteiger partial charge in [-0.05, 0) is 70.5 Å². The Bertz CT molecular complexity index is 790. The monoisotopic (exact) mass is 388 g/mol. The number of benzene rings is 1. The minimum atomic E-state index is -0.644. The zero-order valence-electron chi connectivity index (χ0n) is 17.0. The van der Waals surface area contributed by atoms with E-state index in [0.717, 1.165) is 24.3 Å². The van der Waals surface area contributed by atoms with Gasteiger partial charge in [-0.2, -0.15) is 0 Å². The summed E-state index contributed by atoms with van der Waals surface area (Å²) >= 11 is 0. The van der Waals surface area contributed by atoms with Crippen molar-refractivity contribution in [1.82, 2.24) is 5.32 Å². The molecule has 0 bridgehead atoms. The lowest BCUT2D eigenvalue weighted by molar-refractivity contribution is -0.141. The Morgan fingerprint density at radius 1 is 1.21 bits per heavy atom. The average Bonchev–Trinajstić information content (AvgIpc) is 2.83. The van der Waals surface area contributed by atoms with E-state index in [2.05, 4.69) is 5.32 Å². The summed E-state index contributed by atoms with van der Waals surface area (Å²) in [5.74, 6) is -0.758. The summed E-state index contributed by atoms with van der Waals surface area (Å²) < 4.78 is 10.5. The van der Waals surface area contributed by atoms with Crippen molar-refractivity contribution in [1.29, 1.82) is 0 Å². The second-order valence-electron chi connectivity index (χ2n) is 8.36. The highest BCUT2D eigenvalue weighted by Crippen LogP contribution is 2.47. The minimum Gasteiger partial charge on any atom is -0.464 e. The van der Waals surface area contributed by atoms with E-state index in [9.17, 15) is 14.4 Å². The Balaban J connectivity index is 1.96. The molecule has 1 aromatic carbocycles. The molecule has 3 rings (SSSR count). The zero-order chi connectivity index (χ0) is 20.5. The third kappa shape index (κ3) is 3.90. The van der Waals surface area contributed by atoms with Gasteiger partial charge in [-0.15, -0.1) is 0 Å². The van der Waals surface area contributed by atoms with E-state index in [4.69, 9.17) is 9.47 Å². The van der Waals surface area contributed by atoms with Crippen LogP contribution in [0.5, 0.6) is 0 Å². The van der Waals surface area contributed by atoms with Gasteiger partial charge in [0.2, 0.25) is 5.91 Å². The van der Waals surface area contributed by atoms with Gasteiger partial charge in [0, 0.05) is 12.6 Å². The number of carbonyl (C=O) groups excluding carboxylic acids is 3. The van der Waals surface area contributed by atoms with Gasteiger partial charge in [-0.25, -0.2) is 4.79 Å². The number of esters is 2. The number of rotatable bonds is 4. The smallest absolute Gasteiger partial charge is 0.338 e. The SMILES string of the molecule is CC(=O)OCCN1C(=O)C2(CCNCC2)c2cc(C(=O)OC(C)(C)C)ccc21. The van der Waals surface area contributed by atoms with Crippen LogP contribution in [0.15, 0.2) is 18.2 Å². The van der Waals surface area contributed by atoms with Crippen molar-refractivity contribution < 1.29 is 23.9 Å². The number of anilines is 1. The summed E-state index contributed by atoms with van der Waals surface area (Å²) in [6.07, 6.45) is 1.33. The van der Waals surface area contributed by atoms with Crippen LogP contribution in [0.3, 0.4) is 0 Å². The Labute approximate surface area is 165 Å². The van der Waals surface area contributed by atoms with Crippen molar-refractivity contribution in [3.8, 4) is 0 Å². The minimum absolute atomic E-state index is 0.0116. The Morgan fingerprint density at radius 2 is 1.89 bits per heavy atom. The largest absolute Gasteiger partial charge is 0.464 e. The number of piperidine rings is 1. The molecule has 0 saturated carbocycles. The molecule has 0 aliphatic carbocycles. The quantitative estimate of drug-likeness (QED) is 0.796. The number of hydrogen-bond acceptors (Lipinski definition) is 6. The van der Waals surface area contributed by atoms with E-state index in [1.807, 2.05) is 20.8 Å². The molecule has 1 fully saturated rings.